The summed E-state index contributed by atoms with van der Waals surface area (Å²) in [5.41, 5.74) is 4.04. The number of carbonyl (C=O) groups excluding carboxylic acids is 2. The SMILES string of the molecule is CCOc1cc([C@@H]2C(C(=O)OCCOC)=C(C)NC3=C2C(=O)C[C@H](c2ccc(OC)cc2)C3)ccc1O. The third-order valence-electron chi connectivity index (χ3n) is 6.77. The topological polar surface area (TPSA) is 103 Å². The fraction of sp³-hybridized carbons (Fsp3) is 0.379. The number of hydrogen-bond acceptors (Lipinski definition) is 8. The van der Waals surface area contributed by atoms with Crippen molar-refractivity contribution < 1.29 is 33.6 Å². The zero-order valence-corrected chi connectivity index (χ0v) is 21.6. The zero-order valence-electron chi connectivity index (χ0n) is 21.6. The predicted octanol–water partition coefficient (Wildman–Crippen LogP) is 4.35. The second-order valence-corrected chi connectivity index (χ2v) is 9.08. The first-order chi connectivity index (χ1) is 17.9. The summed E-state index contributed by atoms with van der Waals surface area (Å²) < 4.78 is 21.4. The Morgan fingerprint density at radius 1 is 1.05 bits per heavy atom. The summed E-state index contributed by atoms with van der Waals surface area (Å²) >= 11 is 0. The van der Waals surface area contributed by atoms with Crippen molar-refractivity contribution in [3.63, 3.8) is 0 Å². The quantitative estimate of drug-likeness (QED) is 0.381. The average molecular weight is 508 g/mol. The molecule has 0 radical (unpaired) electrons. The van der Waals surface area contributed by atoms with Gasteiger partial charge >= 0.3 is 5.97 Å². The van der Waals surface area contributed by atoms with Crippen LogP contribution in [-0.4, -0.2) is 50.9 Å². The van der Waals surface area contributed by atoms with E-state index in [0.29, 0.717) is 47.6 Å². The number of carbonyl (C=O) groups is 2. The molecule has 0 spiro atoms. The Hall–Kier alpha value is -3.78. The molecule has 2 aliphatic rings. The van der Waals surface area contributed by atoms with Gasteiger partial charge in [-0.3, -0.25) is 4.79 Å². The van der Waals surface area contributed by atoms with Gasteiger partial charge in [0.05, 0.1) is 25.9 Å². The molecule has 0 saturated carbocycles. The second-order valence-electron chi connectivity index (χ2n) is 9.08. The molecule has 2 atom stereocenters. The van der Waals surface area contributed by atoms with E-state index in [4.69, 9.17) is 18.9 Å². The van der Waals surface area contributed by atoms with Gasteiger partial charge in [0.25, 0.3) is 0 Å². The highest BCUT2D eigenvalue weighted by Gasteiger charge is 2.41. The van der Waals surface area contributed by atoms with E-state index in [0.717, 1.165) is 17.0 Å². The lowest BCUT2D eigenvalue weighted by Crippen LogP contribution is -2.36. The molecular formula is C29H33NO7. The van der Waals surface area contributed by atoms with Crippen molar-refractivity contribution in [1.29, 1.82) is 0 Å². The molecule has 0 saturated heterocycles. The molecule has 0 bridgehead atoms. The van der Waals surface area contributed by atoms with Crippen molar-refractivity contribution in [3.05, 3.63) is 76.1 Å². The van der Waals surface area contributed by atoms with Crippen molar-refractivity contribution in [2.75, 3.05) is 34.0 Å². The van der Waals surface area contributed by atoms with Gasteiger partial charge in [0, 0.05) is 36.4 Å². The summed E-state index contributed by atoms with van der Waals surface area (Å²) in [5, 5.41) is 13.6. The van der Waals surface area contributed by atoms with E-state index < -0.39 is 11.9 Å². The van der Waals surface area contributed by atoms with Crippen LogP contribution >= 0.6 is 0 Å². The Morgan fingerprint density at radius 3 is 2.46 bits per heavy atom. The lowest BCUT2D eigenvalue weighted by atomic mass is 9.71. The number of phenolic OH excluding ortho intramolecular Hbond substituents is 1. The number of hydrogen-bond donors (Lipinski definition) is 2. The number of allylic oxidation sites excluding steroid dienone is 3. The molecule has 0 aromatic heterocycles. The van der Waals surface area contributed by atoms with E-state index in [1.165, 1.54) is 13.2 Å². The van der Waals surface area contributed by atoms with Crippen LogP contribution in [0.15, 0.2) is 65.0 Å². The fourth-order valence-electron chi connectivity index (χ4n) is 5.03. The summed E-state index contributed by atoms with van der Waals surface area (Å²) in [4.78, 5) is 27.0. The number of aromatic hydroxyl groups is 1. The number of phenols is 1. The van der Waals surface area contributed by atoms with Crippen molar-refractivity contribution >= 4 is 11.8 Å². The van der Waals surface area contributed by atoms with Gasteiger partial charge in [-0.25, -0.2) is 4.79 Å². The van der Waals surface area contributed by atoms with E-state index in [2.05, 4.69) is 5.32 Å². The van der Waals surface area contributed by atoms with E-state index in [1.54, 1.807) is 19.2 Å². The van der Waals surface area contributed by atoms with Gasteiger partial charge in [-0.15, -0.1) is 0 Å². The molecule has 196 valence electrons. The highest BCUT2D eigenvalue weighted by Crippen LogP contribution is 2.47. The summed E-state index contributed by atoms with van der Waals surface area (Å²) in [7, 11) is 3.15. The molecule has 1 aliphatic carbocycles. The van der Waals surface area contributed by atoms with E-state index in [9.17, 15) is 14.7 Å². The minimum atomic E-state index is -0.657. The Balaban J connectivity index is 1.76. The van der Waals surface area contributed by atoms with Gasteiger partial charge in [0.15, 0.2) is 17.3 Å². The third kappa shape index (κ3) is 5.49. The largest absolute Gasteiger partial charge is 0.504 e. The maximum Gasteiger partial charge on any atom is 0.336 e. The Labute approximate surface area is 216 Å². The Kier molecular flexibility index (Phi) is 8.18. The number of nitrogens with one attached hydrogen (secondary N) is 1. The van der Waals surface area contributed by atoms with Crippen LogP contribution in [0.1, 0.15) is 49.7 Å². The molecule has 1 aliphatic heterocycles. The summed E-state index contributed by atoms with van der Waals surface area (Å²) in [6.07, 6.45) is 0.925. The smallest absolute Gasteiger partial charge is 0.336 e. The highest BCUT2D eigenvalue weighted by atomic mass is 16.6. The zero-order chi connectivity index (χ0) is 26.5. The van der Waals surface area contributed by atoms with Crippen LogP contribution in [0.2, 0.25) is 0 Å². The molecule has 1 heterocycles. The van der Waals surface area contributed by atoms with Gasteiger partial charge in [-0.05, 0) is 61.6 Å². The standard InChI is InChI=1S/C29H33NO7/c1-5-36-25-16-19(8-11-23(25)31)27-26(29(33)37-13-12-34-3)17(2)30-22-14-20(15-24(32)28(22)27)18-6-9-21(35-4)10-7-18/h6-11,16,20,27,30-31H,5,12-15H2,1-4H3/t20-,27-/m1/s1. The normalized spacial score (nSPS) is 19.3. The molecule has 37 heavy (non-hydrogen) atoms. The van der Waals surface area contributed by atoms with Crippen LogP contribution in [0.25, 0.3) is 0 Å². The summed E-state index contributed by atoms with van der Waals surface area (Å²) in [6.45, 7) is 4.36. The fourth-order valence-corrected chi connectivity index (χ4v) is 5.03. The molecule has 8 nitrogen and oxygen atoms in total. The number of ether oxygens (including phenoxy) is 4. The number of esters is 1. The van der Waals surface area contributed by atoms with Gasteiger partial charge in [-0.1, -0.05) is 18.2 Å². The van der Waals surface area contributed by atoms with Crippen molar-refractivity contribution in [3.8, 4) is 17.2 Å². The first-order valence-corrected chi connectivity index (χ1v) is 12.4. The molecule has 2 N–H and O–H groups in total. The number of rotatable bonds is 9. The molecule has 0 amide bonds. The van der Waals surface area contributed by atoms with Gasteiger partial charge < -0.3 is 29.4 Å². The summed E-state index contributed by atoms with van der Waals surface area (Å²) in [6, 6.07) is 12.7. The molecule has 0 unspecified atom stereocenters. The maximum absolute atomic E-state index is 13.7. The van der Waals surface area contributed by atoms with Crippen LogP contribution in [0.5, 0.6) is 17.2 Å². The van der Waals surface area contributed by atoms with Crippen molar-refractivity contribution in [2.24, 2.45) is 0 Å². The minimum Gasteiger partial charge on any atom is -0.504 e. The molecular weight excluding hydrogens is 474 g/mol. The summed E-state index contributed by atoms with van der Waals surface area (Å²) in [5.74, 6) is -0.176. The van der Waals surface area contributed by atoms with Crippen LogP contribution in [0, 0.1) is 0 Å². The monoisotopic (exact) mass is 507 g/mol. The molecule has 8 heteroatoms. The highest BCUT2D eigenvalue weighted by molar-refractivity contribution is 6.04. The molecule has 0 fully saturated rings. The number of benzene rings is 2. The number of dihydropyridines is 1. The lowest BCUT2D eigenvalue weighted by Gasteiger charge is -2.36. The second kappa shape index (κ2) is 11.5. The predicted molar refractivity (Wildman–Crippen MR) is 138 cm³/mol. The maximum atomic E-state index is 13.7. The third-order valence-corrected chi connectivity index (χ3v) is 6.77. The first kappa shape index (κ1) is 26.3. The van der Waals surface area contributed by atoms with E-state index in [1.807, 2.05) is 38.1 Å². The minimum absolute atomic E-state index is 0.00630. The van der Waals surface area contributed by atoms with Gasteiger partial charge in [-0.2, -0.15) is 0 Å². The first-order valence-electron chi connectivity index (χ1n) is 12.4. The van der Waals surface area contributed by atoms with Crippen molar-refractivity contribution in [1.82, 2.24) is 5.32 Å². The molecule has 2 aromatic carbocycles. The number of methoxy groups -OCH3 is 2. The van der Waals surface area contributed by atoms with Crippen LogP contribution < -0.4 is 14.8 Å². The van der Waals surface area contributed by atoms with Gasteiger partial charge in [0.1, 0.15) is 12.4 Å². The molecule has 2 aromatic rings. The van der Waals surface area contributed by atoms with Crippen LogP contribution in [0.4, 0.5) is 0 Å². The number of Topliss-reactive ketones (excluding diaryl/α,β-unsaturated/α-hetero) is 1. The van der Waals surface area contributed by atoms with Crippen LogP contribution in [-0.2, 0) is 19.1 Å². The van der Waals surface area contributed by atoms with Gasteiger partial charge in [0.2, 0.25) is 0 Å². The molecule has 4 rings (SSSR count). The van der Waals surface area contributed by atoms with E-state index >= 15 is 0 Å². The average Bonchev–Trinajstić information content (AvgIpc) is 2.89. The van der Waals surface area contributed by atoms with Crippen molar-refractivity contribution in [2.45, 2.75) is 38.5 Å². The van der Waals surface area contributed by atoms with Crippen LogP contribution in [0.3, 0.4) is 0 Å². The van der Waals surface area contributed by atoms with E-state index in [-0.39, 0.29) is 30.7 Å². The number of ketones is 1. The Bertz CT molecular complexity index is 1230. The Morgan fingerprint density at radius 2 is 1.78 bits per heavy atom. The lowest BCUT2D eigenvalue weighted by molar-refractivity contribution is -0.140.